The molecule has 0 atom stereocenters. The Morgan fingerprint density at radius 2 is 0.576 bits per heavy atom. The molecule has 12 rings (SSSR count). The van der Waals surface area contributed by atoms with Crippen LogP contribution in [0.3, 0.4) is 0 Å². The van der Waals surface area contributed by atoms with Gasteiger partial charge in [-0.05, 0) is 120 Å². The minimum Gasteiger partial charge on any atom is -0.473 e. The lowest BCUT2D eigenvalue weighted by atomic mass is 9.99. The summed E-state index contributed by atoms with van der Waals surface area (Å²) >= 11 is 0. The van der Waals surface area contributed by atoms with E-state index in [0.717, 1.165) is 62.0 Å². The Hall–Kier alpha value is -7.84. The van der Waals surface area contributed by atoms with Crippen molar-refractivity contribution in [3.63, 3.8) is 0 Å². The Bertz CT molecular complexity index is 2710. The molecule has 8 aromatic rings. The van der Waals surface area contributed by atoms with Gasteiger partial charge in [0.15, 0.2) is 26.9 Å². The first-order valence-corrected chi connectivity index (χ1v) is 22.8. The zero-order chi connectivity index (χ0) is 44.1. The summed E-state index contributed by atoms with van der Waals surface area (Å²) in [7, 11) is 0. The largest absolute Gasteiger partial charge is 0.473 e. The van der Waals surface area contributed by atoms with Gasteiger partial charge in [-0.25, -0.2) is 0 Å². The van der Waals surface area contributed by atoms with E-state index in [1.165, 1.54) is 67.3 Å². The molecule has 328 valence electrons. The smallest absolute Gasteiger partial charge is 0.161 e. The summed E-state index contributed by atoms with van der Waals surface area (Å²) in [5.41, 5.74) is 14.9. The number of hydrogen-bond donors (Lipinski definition) is 0. The first-order valence-electron chi connectivity index (χ1n) is 22.8. The van der Waals surface area contributed by atoms with Crippen LogP contribution in [-0.4, -0.2) is 26.9 Å². The molecule has 8 nitrogen and oxygen atoms in total. The van der Waals surface area contributed by atoms with Crippen LogP contribution in [0, 0.1) is 0 Å². The number of fused-ring (bicyclic) bond motifs is 4. The molecule has 0 aromatic heterocycles. The summed E-state index contributed by atoms with van der Waals surface area (Å²) in [4.78, 5) is 9.06. The van der Waals surface area contributed by atoms with Crippen molar-refractivity contribution in [2.45, 2.75) is 39.0 Å². The molecule has 0 spiro atoms. The first-order chi connectivity index (χ1) is 32.6. The molecule has 0 N–H and O–H groups in total. The molecule has 4 aliphatic heterocycles. The van der Waals surface area contributed by atoms with Crippen molar-refractivity contribution in [2.75, 3.05) is 46.5 Å². The van der Waals surface area contributed by atoms with Crippen LogP contribution in [0.4, 0.5) is 22.7 Å². The lowest BCUT2D eigenvalue weighted by Gasteiger charge is -2.31. The summed E-state index contributed by atoms with van der Waals surface area (Å²) in [5, 5.41) is 0. The maximum Gasteiger partial charge on any atom is 0.161 e. The highest BCUT2D eigenvalue weighted by molar-refractivity contribution is 5.55. The summed E-state index contributed by atoms with van der Waals surface area (Å²) in [5.74, 6) is 3.97. The number of benzene rings is 8. The van der Waals surface area contributed by atoms with E-state index < -0.39 is 0 Å². The fourth-order valence-electron chi connectivity index (χ4n) is 9.22. The molecule has 8 heteroatoms. The molecular weight excluding hydrogens is 817 g/mol. The fraction of sp³-hybridized carbons (Fsp3) is 0.172. The van der Waals surface area contributed by atoms with E-state index >= 15 is 0 Å². The van der Waals surface area contributed by atoms with Crippen LogP contribution in [0.25, 0.3) is 0 Å². The molecule has 0 unspecified atom stereocenters. The number of ether oxygens (including phenoxy) is 4. The van der Waals surface area contributed by atoms with Crippen LogP contribution in [0.5, 0.6) is 23.0 Å². The molecule has 0 bridgehead atoms. The van der Waals surface area contributed by atoms with Gasteiger partial charge in [0.25, 0.3) is 0 Å². The molecule has 0 fully saturated rings. The number of nitrogens with zero attached hydrogens (tertiary/aromatic N) is 4. The van der Waals surface area contributed by atoms with E-state index in [-0.39, 0.29) is 0 Å². The zero-order valence-electron chi connectivity index (χ0n) is 37.0. The van der Waals surface area contributed by atoms with Gasteiger partial charge in [0.05, 0.1) is 0 Å². The third-order valence-electron chi connectivity index (χ3n) is 12.8. The average molecular weight is 869 g/mol. The lowest BCUT2D eigenvalue weighted by molar-refractivity contribution is 0.289. The lowest BCUT2D eigenvalue weighted by Crippen LogP contribution is -2.32. The summed E-state index contributed by atoms with van der Waals surface area (Å²) in [6, 6.07) is 68.3. The number of hydrogen-bond acceptors (Lipinski definition) is 8. The van der Waals surface area contributed by atoms with E-state index in [1.807, 2.05) is 36.4 Å². The molecule has 0 aliphatic carbocycles. The number of rotatable bonds is 8. The summed E-state index contributed by atoms with van der Waals surface area (Å²) < 4.78 is 23.9. The quantitative estimate of drug-likeness (QED) is 0.150. The van der Waals surface area contributed by atoms with E-state index in [4.69, 9.17) is 18.9 Å². The molecule has 0 radical (unpaired) electrons. The van der Waals surface area contributed by atoms with E-state index in [2.05, 4.69) is 177 Å². The highest BCUT2D eigenvalue weighted by Crippen LogP contribution is 2.34. The Kier molecular flexibility index (Phi) is 11.6. The van der Waals surface area contributed by atoms with Gasteiger partial charge in [-0.1, -0.05) is 109 Å². The van der Waals surface area contributed by atoms with Crippen LogP contribution >= 0.6 is 0 Å². The molecule has 66 heavy (non-hydrogen) atoms. The van der Waals surface area contributed by atoms with Crippen molar-refractivity contribution in [1.82, 2.24) is 0 Å². The van der Waals surface area contributed by atoms with Crippen LogP contribution < -0.4 is 38.5 Å². The second-order valence-electron chi connectivity index (χ2n) is 17.3. The van der Waals surface area contributed by atoms with Crippen molar-refractivity contribution < 1.29 is 18.9 Å². The highest BCUT2D eigenvalue weighted by Gasteiger charge is 2.22. The van der Waals surface area contributed by atoms with E-state index in [0.29, 0.717) is 26.9 Å². The molecule has 8 aromatic carbocycles. The van der Waals surface area contributed by atoms with Gasteiger partial charge in [-0.3, -0.25) is 0 Å². The van der Waals surface area contributed by atoms with Gasteiger partial charge in [-0.2, -0.15) is 0 Å². The van der Waals surface area contributed by atoms with Crippen molar-refractivity contribution >= 4 is 22.7 Å². The van der Waals surface area contributed by atoms with Gasteiger partial charge >= 0.3 is 0 Å². The van der Waals surface area contributed by atoms with Crippen molar-refractivity contribution in [1.29, 1.82) is 0 Å². The van der Waals surface area contributed by atoms with Gasteiger partial charge in [0.1, 0.15) is 23.0 Å². The molecule has 0 saturated heterocycles. The minimum atomic E-state index is 0.582. The Balaban J connectivity index is 0.000000146. The van der Waals surface area contributed by atoms with Crippen LogP contribution in [-0.2, 0) is 39.0 Å². The fourth-order valence-corrected chi connectivity index (χ4v) is 9.22. The molecule has 4 heterocycles. The van der Waals surface area contributed by atoms with Gasteiger partial charge in [-0.15, -0.1) is 0 Å². The van der Waals surface area contributed by atoms with Crippen molar-refractivity contribution in [3.8, 4) is 23.0 Å². The van der Waals surface area contributed by atoms with Crippen molar-refractivity contribution in [3.05, 3.63) is 239 Å². The Morgan fingerprint density at radius 1 is 0.273 bits per heavy atom. The predicted molar refractivity (Wildman–Crippen MR) is 264 cm³/mol. The van der Waals surface area contributed by atoms with Crippen LogP contribution in [0.2, 0.25) is 0 Å². The third-order valence-corrected chi connectivity index (χ3v) is 12.8. The van der Waals surface area contributed by atoms with Gasteiger partial charge in [0, 0.05) is 71.2 Å². The maximum absolute atomic E-state index is 6.03. The van der Waals surface area contributed by atoms with Gasteiger partial charge in [0.2, 0.25) is 0 Å². The summed E-state index contributed by atoms with van der Waals surface area (Å²) in [6.45, 7) is 5.81. The molecule has 0 amide bonds. The summed E-state index contributed by atoms with van der Waals surface area (Å²) in [6.07, 6.45) is 1.80. The second-order valence-corrected chi connectivity index (χ2v) is 17.3. The van der Waals surface area contributed by atoms with E-state index in [9.17, 15) is 0 Å². The molecule has 4 aliphatic rings. The van der Waals surface area contributed by atoms with Crippen molar-refractivity contribution in [2.24, 2.45) is 0 Å². The van der Waals surface area contributed by atoms with E-state index in [1.54, 1.807) is 0 Å². The van der Waals surface area contributed by atoms with Crippen LogP contribution in [0.1, 0.15) is 44.5 Å². The SMILES string of the molecule is c1ccc(N2COc3ccc(Cc4ccc5c(c4)CN(c4ccccc4)CO5)cc3C2)cc1.c1ccc2c(c1)CN(c1ccc(Cc3ccc(N4COc5ccccc5C4)cc3)cc1)CO2. The topological polar surface area (TPSA) is 49.9 Å². The number of para-hydroxylation sites is 4. The number of anilines is 4. The minimum absolute atomic E-state index is 0.582. The van der Waals surface area contributed by atoms with Crippen LogP contribution in [0.15, 0.2) is 194 Å². The monoisotopic (exact) mass is 868 g/mol. The Labute approximate surface area is 387 Å². The zero-order valence-corrected chi connectivity index (χ0v) is 37.0. The van der Waals surface area contributed by atoms with Gasteiger partial charge < -0.3 is 38.5 Å². The second kappa shape index (κ2) is 18.7. The average Bonchev–Trinajstić information content (AvgIpc) is 3.39. The molecular formula is C58H52N4O4. The predicted octanol–water partition coefficient (Wildman–Crippen LogP) is 12.0. The normalized spacial score (nSPS) is 14.7. The maximum atomic E-state index is 6.03. The first kappa shape index (κ1) is 40.9. The highest BCUT2D eigenvalue weighted by atomic mass is 16.5. The standard InChI is InChI=1S/2C29H26N2O2/c1-3-7-28-24(5-1)18-30(20-32-28)26-13-9-22(10-14-26)17-23-11-15-27(16-12-23)31-19-25-6-2-4-8-29(25)33-21-31;1-3-7-26(8-4-1)30-18-24-16-22(11-13-28(24)32-20-30)15-23-12-14-29-25(17-23)19-31(21-33-29)27-9-5-2-6-10-27/h1-16H,17-21H2;1-14,16-17H,15,18-21H2. The molecule has 0 saturated carbocycles. The third kappa shape index (κ3) is 9.22. The Morgan fingerprint density at radius 3 is 0.985 bits per heavy atom.